The molecule has 0 radical (unpaired) electrons. The van der Waals surface area contributed by atoms with Crippen molar-refractivity contribution in [1.29, 1.82) is 0 Å². The molecule has 2 aliphatic rings. The summed E-state index contributed by atoms with van der Waals surface area (Å²) in [4.78, 5) is 42.9. The molecule has 10 nitrogen and oxygen atoms in total. The molecule has 1 saturated heterocycles. The molecule has 32 heavy (non-hydrogen) atoms. The molecule has 1 aromatic carbocycles. The van der Waals surface area contributed by atoms with Crippen molar-refractivity contribution >= 4 is 29.3 Å². The topological polar surface area (TPSA) is 120 Å². The van der Waals surface area contributed by atoms with Gasteiger partial charge in [-0.25, -0.2) is 4.98 Å². The van der Waals surface area contributed by atoms with Crippen molar-refractivity contribution in [2.75, 3.05) is 19.7 Å². The predicted molar refractivity (Wildman–Crippen MR) is 116 cm³/mol. The van der Waals surface area contributed by atoms with E-state index in [0.717, 1.165) is 18.4 Å². The summed E-state index contributed by atoms with van der Waals surface area (Å²) in [7, 11) is 0. The van der Waals surface area contributed by atoms with Gasteiger partial charge in [-0.2, -0.15) is 4.68 Å². The Morgan fingerprint density at radius 1 is 1.34 bits per heavy atom. The van der Waals surface area contributed by atoms with Gasteiger partial charge in [-0.05, 0) is 31.9 Å². The molecule has 0 amide bonds. The Balaban J connectivity index is 1.66. The zero-order valence-corrected chi connectivity index (χ0v) is 18.8. The number of ether oxygens (including phenoxy) is 1. The zero-order chi connectivity index (χ0) is 22.8. The van der Waals surface area contributed by atoms with Crippen molar-refractivity contribution in [3.8, 4) is 0 Å². The van der Waals surface area contributed by atoms with Gasteiger partial charge in [0.05, 0.1) is 23.5 Å². The van der Waals surface area contributed by atoms with Crippen LogP contribution in [-0.2, 0) is 16.0 Å². The fourth-order valence-corrected chi connectivity index (χ4v) is 5.55. The van der Waals surface area contributed by atoms with Gasteiger partial charge in [0.25, 0.3) is 11.6 Å². The lowest BCUT2D eigenvalue weighted by atomic mass is 9.93. The number of esters is 1. The number of hydrogen-bond acceptors (Lipinski definition) is 9. The minimum atomic E-state index is -0.515. The van der Waals surface area contributed by atoms with Crippen molar-refractivity contribution in [1.82, 2.24) is 19.7 Å². The summed E-state index contributed by atoms with van der Waals surface area (Å²) in [5.41, 5.74) is 0.774. The number of hydrogen-bond donors (Lipinski definition) is 0. The standard InChI is InChI=1S/C21H25N5O5S/c1-3-16-22-21-25(23-16)19(27)18(32-21)17(13-7-9-15(10-8-13)26(29)30)24-11-5-6-14(12-24)20(28)31-4-2/h7-10,14,17-18H,3-6,11-12H2,1-2H3. The second-order valence-electron chi connectivity index (χ2n) is 7.83. The van der Waals surface area contributed by atoms with Crippen LogP contribution in [0.3, 0.4) is 0 Å². The number of likely N-dealkylation sites (tertiary alicyclic amines) is 1. The molecule has 1 fully saturated rings. The molecule has 11 heteroatoms. The summed E-state index contributed by atoms with van der Waals surface area (Å²) in [6.45, 7) is 5.20. The van der Waals surface area contributed by atoms with Crippen molar-refractivity contribution in [3.05, 3.63) is 45.8 Å². The molecule has 170 valence electrons. The minimum Gasteiger partial charge on any atom is -0.466 e. The van der Waals surface area contributed by atoms with Crippen LogP contribution in [0.4, 0.5) is 5.69 Å². The Hall–Kier alpha value is -2.79. The van der Waals surface area contributed by atoms with Crippen LogP contribution in [0.15, 0.2) is 29.4 Å². The van der Waals surface area contributed by atoms with Crippen molar-refractivity contribution in [2.24, 2.45) is 5.92 Å². The fraction of sp³-hybridized carbons (Fsp3) is 0.524. The molecule has 0 saturated carbocycles. The first-order chi connectivity index (χ1) is 15.4. The van der Waals surface area contributed by atoms with E-state index >= 15 is 0 Å². The molecular formula is C21H25N5O5S. The van der Waals surface area contributed by atoms with Crippen molar-refractivity contribution in [2.45, 2.75) is 49.6 Å². The third-order valence-corrected chi connectivity index (χ3v) is 7.01. The van der Waals surface area contributed by atoms with Crippen LogP contribution < -0.4 is 0 Å². The number of nitrogens with zero attached hydrogens (tertiary/aromatic N) is 5. The average molecular weight is 460 g/mol. The Morgan fingerprint density at radius 3 is 2.72 bits per heavy atom. The minimum absolute atomic E-state index is 0.0110. The van der Waals surface area contributed by atoms with E-state index in [0.29, 0.717) is 37.1 Å². The van der Waals surface area contributed by atoms with E-state index in [1.807, 2.05) is 6.92 Å². The third kappa shape index (κ3) is 4.26. The molecule has 3 atom stereocenters. The zero-order valence-electron chi connectivity index (χ0n) is 18.0. The van der Waals surface area contributed by atoms with E-state index in [1.54, 1.807) is 19.1 Å². The van der Waals surface area contributed by atoms with E-state index in [-0.39, 0.29) is 29.5 Å². The number of piperidine rings is 1. The van der Waals surface area contributed by atoms with Gasteiger partial charge < -0.3 is 4.74 Å². The lowest BCUT2D eigenvalue weighted by Gasteiger charge is -2.39. The van der Waals surface area contributed by atoms with Crippen molar-refractivity contribution < 1.29 is 19.2 Å². The van der Waals surface area contributed by atoms with Gasteiger partial charge in [0.1, 0.15) is 5.25 Å². The van der Waals surface area contributed by atoms with Crippen molar-refractivity contribution in [3.63, 3.8) is 0 Å². The third-order valence-electron chi connectivity index (χ3n) is 5.82. The maximum Gasteiger partial charge on any atom is 0.310 e. The first-order valence-electron chi connectivity index (χ1n) is 10.7. The second kappa shape index (κ2) is 9.37. The van der Waals surface area contributed by atoms with E-state index in [4.69, 9.17) is 4.74 Å². The smallest absolute Gasteiger partial charge is 0.310 e. The van der Waals surface area contributed by atoms with Gasteiger partial charge >= 0.3 is 5.97 Å². The second-order valence-corrected chi connectivity index (χ2v) is 8.94. The number of nitro benzene ring substituents is 1. The van der Waals surface area contributed by atoms with E-state index < -0.39 is 10.2 Å². The number of carbonyl (C=O) groups is 2. The number of non-ortho nitro benzene ring substituents is 1. The average Bonchev–Trinajstić information content (AvgIpc) is 3.34. The molecule has 0 N–H and O–H groups in total. The van der Waals surface area contributed by atoms with E-state index in [2.05, 4.69) is 15.0 Å². The predicted octanol–water partition coefficient (Wildman–Crippen LogP) is 2.88. The molecule has 3 unspecified atom stereocenters. The lowest BCUT2D eigenvalue weighted by molar-refractivity contribution is -0.384. The molecule has 4 rings (SSSR count). The van der Waals surface area contributed by atoms with Gasteiger partial charge in [-0.15, -0.1) is 5.10 Å². The maximum atomic E-state index is 13.3. The number of benzene rings is 1. The highest BCUT2D eigenvalue weighted by Crippen LogP contribution is 2.42. The van der Waals surface area contributed by atoms with Crippen LogP contribution in [-0.4, -0.2) is 61.4 Å². The monoisotopic (exact) mass is 459 g/mol. The van der Waals surface area contributed by atoms with Gasteiger partial charge in [-0.1, -0.05) is 30.8 Å². The Morgan fingerprint density at radius 2 is 2.09 bits per heavy atom. The van der Waals surface area contributed by atoms with Crippen LogP contribution in [0.2, 0.25) is 0 Å². The number of fused-ring (bicyclic) bond motifs is 1. The van der Waals surface area contributed by atoms with Crippen LogP contribution in [0.1, 0.15) is 48.9 Å². The molecule has 0 bridgehead atoms. The first-order valence-corrected chi connectivity index (χ1v) is 11.6. The van der Waals surface area contributed by atoms with Crippen LogP contribution in [0.25, 0.3) is 0 Å². The van der Waals surface area contributed by atoms with Gasteiger partial charge in [0.2, 0.25) is 0 Å². The molecule has 1 aromatic heterocycles. The molecule has 2 aliphatic heterocycles. The molecular weight excluding hydrogens is 434 g/mol. The van der Waals surface area contributed by atoms with Gasteiger partial charge in [-0.3, -0.25) is 24.6 Å². The van der Waals surface area contributed by atoms with E-state index in [1.165, 1.54) is 28.6 Å². The van der Waals surface area contributed by atoms with Gasteiger partial charge in [0, 0.05) is 25.1 Å². The lowest BCUT2D eigenvalue weighted by Crippen LogP contribution is -2.46. The highest BCUT2D eigenvalue weighted by Gasteiger charge is 2.44. The highest BCUT2D eigenvalue weighted by molar-refractivity contribution is 8.00. The van der Waals surface area contributed by atoms with Crippen LogP contribution in [0, 0.1) is 16.0 Å². The number of nitro groups is 1. The first kappa shape index (κ1) is 22.4. The summed E-state index contributed by atoms with van der Waals surface area (Å²) in [6.07, 6.45) is 2.16. The normalized spacial score (nSPS) is 21.9. The Bertz CT molecular complexity index is 1020. The molecule has 2 aromatic rings. The number of rotatable bonds is 7. The fourth-order valence-electron chi connectivity index (χ4n) is 4.27. The Kier molecular flexibility index (Phi) is 6.56. The largest absolute Gasteiger partial charge is 0.466 e. The quantitative estimate of drug-likeness (QED) is 0.349. The summed E-state index contributed by atoms with van der Waals surface area (Å²) >= 11 is 1.36. The molecule has 0 spiro atoms. The summed E-state index contributed by atoms with van der Waals surface area (Å²) < 4.78 is 6.59. The van der Waals surface area contributed by atoms with E-state index in [9.17, 15) is 19.7 Å². The van der Waals surface area contributed by atoms with Gasteiger partial charge in [0.15, 0.2) is 11.0 Å². The summed E-state index contributed by atoms with van der Waals surface area (Å²) in [5, 5.41) is 15.5. The summed E-state index contributed by atoms with van der Waals surface area (Å²) in [5.74, 6) is -0.0507. The summed E-state index contributed by atoms with van der Waals surface area (Å²) in [6, 6.07) is 5.91. The van der Waals surface area contributed by atoms with Crippen LogP contribution >= 0.6 is 11.8 Å². The molecule has 3 heterocycles. The van der Waals surface area contributed by atoms with Crippen LogP contribution in [0.5, 0.6) is 0 Å². The number of aromatic nitrogens is 3. The number of aryl methyl sites for hydroxylation is 1. The Labute approximate surface area is 189 Å². The maximum absolute atomic E-state index is 13.3. The number of thioether (sulfide) groups is 1. The number of carbonyl (C=O) groups excluding carboxylic acids is 2. The molecule has 0 aliphatic carbocycles. The highest BCUT2D eigenvalue weighted by atomic mass is 32.2. The SMILES string of the molecule is CCOC(=O)C1CCCN(C(c2ccc([N+](=O)[O-])cc2)C2Sc3nc(CC)nn3C2=O)C1.